The number of nitrogens with one attached hydrogen (secondary N) is 1. The molecular formula is C14H26N4O2S. The van der Waals surface area contributed by atoms with E-state index >= 15 is 0 Å². The third-order valence-electron chi connectivity index (χ3n) is 3.90. The van der Waals surface area contributed by atoms with Crippen LogP contribution in [0.15, 0.2) is 11.2 Å². The van der Waals surface area contributed by atoms with E-state index in [4.69, 9.17) is 0 Å². The predicted molar refractivity (Wildman–Crippen MR) is 82.7 cm³/mol. The zero-order valence-corrected chi connectivity index (χ0v) is 14.0. The van der Waals surface area contributed by atoms with Crippen molar-refractivity contribution in [3.05, 3.63) is 12.0 Å². The zero-order valence-electron chi connectivity index (χ0n) is 13.2. The molecule has 1 atom stereocenters. The van der Waals surface area contributed by atoms with E-state index in [0.29, 0.717) is 13.1 Å². The van der Waals surface area contributed by atoms with Crippen LogP contribution in [0, 0.1) is 6.92 Å². The maximum absolute atomic E-state index is 12.7. The van der Waals surface area contributed by atoms with Gasteiger partial charge in [0.1, 0.15) is 5.82 Å². The normalized spacial score (nSPS) is 20.8. The molecule has 1 aromatic rings. The summed E-state index contributed by atoms with van der Waals surface area (Å²) in [4.78, 5) is 4.26. The lowest BCUT2D eigenvalue weighted by atomic mass is 10.1. The van der Waals surface area contributed by atoms with Gasteiger partial charge >= 0.3 is 0 Å². The van der Waals surface area contributed by atoms with Crippen LogP contribution in [-0.2, 0) is 16.6 Å². The van der Waals surface area contributed by atoms with Crippen LogP contribution in [0.5, 0.6) is 0 Å². The fourth-order valence-electron chi connectivity index (χ4n) is 2.82. The van der Waals surface area contributed by atoms with Crippen LogP contribution in [0.3, 0.4) is 0 Å². The molecule has 21 heavy (non-hydrogen) atoms. The van der Waals surface area contributed by atoms with Crippen LogP contribution < -0.4 is 5.32 Å². The van der Waals surface area contributed by atoms with Gasteiger partial charge in [0.05, 0.1) is 0 Å². The van der Waals surface area contributed by atoms with Crippen molar-refractivity contribution >= 4 is 10.0 Å². The molecule has 1 unspecified atom stereocenters. The van der Waals surface area contributed by atoms with Crippen molar-refractivity contribution in [1.82, 2.24) is 19.2 Å². The first-order chi connectivity index (χ1) is 9.98. The van der Waals surface area contributed by atoms with Gasteiger partial charge in [-0.15, -0.1) is 0 Å². The number of rotatable bonds is 6. The van der Waals surface area contributed by atoms with E-state index in [0.717, 1.165) is 38.2 Å². The second-order valence-corrected chi connectivity index (χ2v) is 7.46. The zero-order chi connectivity index (χ0) is 15.5. The van der Waals surface area contributed by atoms with Crippen LogP contribution in [0.2, 0.25) is 0 Å². The molecule has 0 aromatic carbocycles. The molecule has 120 valence electrons. The molecule has 0 saturated carbocycles. The quantitative estimate of drug-likeness (QED) is 0.861. The maximum atomic E-state index is 12.7. The van der Waals surface area contributed by atoms with Gasteiger partial charge in [0.15, 0.2) is 5.03 Å². The van der Waals surface area contributed by atoms with E-state index in [1.54, 1.807) is 10.5 Å². The number of imidazole rings is 1. The van der Waals surface area contributed by atoms with Crippen molar-refractivity contribution in [3.63, 3.8) is 0 Å². The lowest BCUT2D eigenvalue weighted by Crippen LogP contribution is -2.47. The van der Waals surface area contributed by atoms with Gasteiger partial charge in [0, 0.05) is 31.9 Å². The minimum atomic E-state index is -3.47. The van der Waals surface area contributed by atoms with E-state index in [1.807, 2.05) is 18.4 Å². The van der Waals surface area contributed by atoms with Gasteiger partial charge < -0.3 is 9.88 Å². The smallest absolute Gasteiger partial charge is 0.262 e. The molecule has 2 heterocycles. The van der Waals surface area contributed by atoms with Crippen LogP contribution >= 0.6 is 0 Å². The summed E-state index contributed by atoms with van der Waals surface area (Å²) < 4.78 is 28.9. The van der Waals surface area contributed by atoms with Gasteiger partial charge in [-0.05, 0) is 32.7 Å². The number of nitrogens with zero attached hydrogens (tertiary/aromatic N) is 3. The molecule has 2 rings (SSSR count). The summed E-state index contributed by atoms with van der Waals surface area (Å²) >= 11 is 0. The van der Waals surface area contributed by atoms with Crippen molar-refractivity contribution in [3.8, 4) is 0 Å². The number of aromatic nitrogens is 2. The monoisotopic (exact) mass is 314 g/mol. The van der Waals surface area contributed by atoms with Crippen molar-refractivity contribution in [2.75, 3.05) is 19.6 Å². The van der Waals surface area contributed by atoms with Crippen molar-refractivity contribution < 1.29 is 8.42 Å². The Hall–Kier alpha value is -0.920. The third-order valence-corrected chi connectivity index (χ3v) is 5.64. The molecule has 1 aliphatic heterocycles. The molecule has 1 aliphatic rings. The van der Waals surface area contributed by atoms with Gasteiger partial charge in [-0.1, -0.05) is 13.8 Å². The van der Waals surface area contributed by atoms with E-state index in [9.17, 15) is 8.42 Å². The van der Waals surface area contributed by atoms with E-state index in [2.05, 4.69) is 17.2 Å². The van der Waals surface area contributed by atoms with Gasteiger partial charge in [0.25, 0.3) is 10.0 Å². The Morgan fingerprint density at radius 2 is 2.19 bits per heavy atom. The molecule has 6 nitrogen and oxygen atoms in total. The first kappa shape index (κ1) is 16.5. The lowest BCUT2D eigenvalue weighted by Gasteiger charge is -2.31. The highest BCUT2D eigenvalue weighted by Gasteiger charge is 2.31. The molecule has 1 fully saturated rings. The fraction of sp³-hybridized carbons (Fsp3) is 0.786. The van der Waals surface area contributed by atoms with E-state index in [1.165, 1.54) is 0 Å². The highest BCUT2D eigenvalue weighted by molar-refractivity contribution is 7.89. The average Bonchev–Trinajstić information content (AvgIpc) is 2.82. The molecular weight excluding hydrogens is 288 g/mol. The van der Waals surface area contributed by atoms with Crippen LogP contribution in [-0.4, -0.2) is 48.0 Å². The summed E-state index contributed by atoms with van der Waals surface area (Å²) in [5.74, 6) is 0.760. The number of hydrogen-bond donors (Lipinski definition) is 1. The van der Waals surface area contributed by atoms with Crippen molar-refractivity contribution in [2.24, 2.45) is 0 Å². The number of piperidine rings is 1. The van der Waals surface area contributed by atoms with Crippen LogP contribution in [0.4, 0.5) is 0 Å². The topological polar surface area (TPSA) is 67.2 Å². The molecule has 0 bridgehead atoms. The van der Waals surface area contributed by atoms with Crippen molar-refractivity contribution in [1.29, 1.82) is 0 Å². The average molecular weight is 314 g/mol. The Labute approximate surface area is 127 Å². The molecule has 1 saturated heterocycles. The summed E-state index contributed by atoms with van der Waals surface area (Å²) in [6.07, 6.45) is 4.56. The largest absolute Gasteiger partial charge is 0.334 e. The van der Waals surface area contributed by atoms with Gasteiger partial charge in [-0.2, -0.15) is 4.31 Å². The Bertz CT molecular complexity index is 566. The van der Waals surface area contributed by atoms with E-state index < -0.39 is 10.0 Å². The Kier molecular flexibility index (Phi) is 5.40. The van der Waals surface area contributed by atoms with Crippen LogP contribution in [0.1, 0.15) is 38.9 Å². The van der Waals surface area contributed by atoms with Crippen molar-refractivity contribution in [2.45, 2.75) is 57.6 Å². The van der Waals surface area contributed by atoms with E-state index in [-0.39, 0.29) is 11.1 Å². The predicted octanol–water partition coefficient (Wildman–Crippen LogP) is 1.36. The van der Waals surface area contributed by atoms with Gasteiger partial charge in [0.2, 0.25) is 0 Å². The highest BCUT2D eigenvalue weighted by atomic mass is 32.2. The fourth-order valence-corrected chi connectivity index (χ4v) is 4.34. The number of likely N-dealkylation sites (N-methyl/N-ethyl adjacent to an activating group) is 1. The summed E-state index contributed by atoms with van der Waals surface area (Å²) in [5, 5.41) is 3.53. The maximum Gasteiger partial charge on any atom is 0.262 e. The lowest BCUT2D eigenvalue weighted by molar-refractivity contribution is 0.285. The Morgan fingerprint density at radius 1 is 1.43 bits per heavy atom. The standard InChI is InChI=1S/C14H26N4O2S/c1-4-8-17-11-14(16-12(17)3)21(19,20)18-9-6-7-13(10-18)15-5-2/h11,13,15H,4-10H2,1-3H3. The summed E-state index contributed by atoms with van der Waals surface area (Å²) in [6.45, 7) is 8.76. The molecule has 0 amide bonds. The third kappa shape index (κ3) is 3.64. The second kappa shape index (κ2) is 6.89. The SMILES string of the molecule is CCCn1cc(S(=O)(=O)N2CCCC(NCC)C2)nc1C. The number of sulfonamides is 1. The van der Waals surface area contributed by atoms with Gasteiger partial charge in [-0.3, -0.25) is 0 Å². The molecule has 0 spiro atoms. The number of hydrogen-bond acceptors (Lipinski definition) is 4. The summed E-state index contributed by atoms with van der Waals surface area (Å²) in [6, 6.07) is 0.248. The Morgan fingerprint density at radius 3 is 2.86 bits per heavy atom. The molecule has 1 N–H and O–H groups in total. The molecule has 0 radical (unpaired) electrons. The minimum absolute atomic E-state index is 0.186. The molecule has 0 aliphatic carbocycles. The minimum Gasteiger partial charge on any atom is -0.334 e. The first-order valence-electron chi connectivity index (χ1n) is 7.76. The van der Waals surface area contributed by atoms with Gasteiger partial charge in [-0.25, -0.2) is 13.4 Å². The molecule has 7 heteroatoms. The first-order valence-corrected chi connectivity index (χ1v) is 9.20. The second-order valence-electron chi connectivity index (χ2n) is 5.58. The summed E-state index contributed by atoms with van der Waals surface area (Å²) in [5.41, 5.74) is 0. The highest BCUT2D eigenvalue weighted by Crippen LogP contribution is 2.20. The number of aryl methyl sites for hydroxylation is 2. The summed E-state index contributed by atoms with van der Waals surface area (Å²) in [7, 11) is -3.47. The van der Waals surface area contributed by atoms with Crippen LogP contribution in [0.25, 0.3) is 0 Å². The Balaban J connectivity index is 2.19. The molecule has 1 aromatic heterocycles.